The summed E-state index contributed by atoms with van der Waals surface area (Å²) in [7, 11) is 0. The number of fused-ring (bicyclic) bond motifs is 2. The number of carbonyl (C=O) groups is 2. The van der Waals surface area contributed by atoms with Crippen LogP contribution in [0.15, 0.2) is 23.8 Å². The molecule has 1 aliphatic heterocycles. The second-order valence-corrected chi connectivity index (χ2v) is 8.76. The summed E-state index contributed by atoms with van der Waals surface area (Å²) in [5.41, 5.74) is -2.30. The number of ether oxygens (including phenoxy) is 1. The molecule has 2 fully saturated rings. The summed E-state index contributed by atoms with van der Waals surface area (Å²) >= 11 is 0. The summed E-state index contributed by atoms with van der Waals surface area (Å²) in [5.74, 6) is 0.0813. The van der Waals surface area contributed by atoms with Crippen molar-refractivity contribution in [3.63, 3.8) is 0 Å². The highest BCUT2D eigenvalue weighted by Crippen LogP contribution is 2.61. The van der Waals surface area contributed by atoms with Gasteiger partial charge >= 0.3 is 5.97 Å². The van der Waals surface area contributed by atoms with Crippen molar-refractivity contribution in [2.75, 3.05) is 6.61 Å². The summed E-state index contributed by atoms with van der Waals surface area (Å²) in [6.07, 6.45) is 2.01. The Hall–Kier alpha value is -1.46. The monoisotopic (exact) mass is 348 g/mol. The van der Waals surface area contributed by atoms with Gasteiger partial charge in [-0.15, -0.1) is 0 Å². The number of hydrogen-bond acceptors (Lipinski definition) is 5. The van der Waals surface area contributed by atoms with E-state index in [0.717, 1.165) is 0 Å². The molecular weight excluding hydrogens is 320 g/mol. The quantitative estimate of drug-likeness (QED) is 0.603. The van der Waals surface area contributed by atoms with Crippen molar-refractivity contribution in [1.29, 1.82) is 0 Å². The number of Topliss-reactive ketones (excluding diaryl/α,β-unsaturated/α-hetero) is 1. The minimum atomic E-state index is -1.66. The molecule has 5 atom stereocenters. The number of carbonyl (C=O) groups excluding carboxylic acids is 2. The van der Waals surface area contributed by atoms with Gasteiger partial charge in [-0.2, -0.15) is 0 Å². The van der Waals surface area contributed by atoms with Crippen molar-refractivity contribution in [2.45, 2.75) is 58.7 Å². The Morgan fingerprint density at radius 2 is 2.04 bits per heavy atom. The molecule has 3 aliphatic rings. The molecule has 1 saturated heterocycles. The van der Waals surface area contributed by atoms with Gasteiger partial charge in [0.2, 0.25) is 0 Å². The average Bonchev–Trinajstić information content (AvgIpc) is 2.92. The van der Waals surface area contributed by atoms with Crippen LogP contribution in [-0.4, -0.2) is 40.3 Å². The number of rotatable bonds is 3. The minimum Gasteiger partial charge on any atom is -0.462 e. The summed E-state index contributed by atoms with van der Waals surface area (Å²) in [6.45, 7) is 11.4. The van der Waals surface area contributed by atoms with Crippen molar-refractivity contribution in [3.8, 4) is 0 Å². The Morgan fingerprint density at radius 3 is 2.60 bits per heavy atom. The van der Waals surface area contributed by atoms with Crippen LogP contribution in [-0.2, 0) is 14.3 Å². The van der Waals surface area contributed by atoms with Gasteiger partial charge in [0, 0.05) is 17.4 Å². The van der Waals surface area contributed by atoms with E-state index in [4.69, 9.17) is 4.74 Å². The minimum absolute atomic E-state index is 0.0280. The lowest BCUT2D eigenvalue weighted by Crippen LogP contribution is -2.51. The molecule has 0 bridgehead atoms. The van der Waals surface area contributed by atoms with E-state index in [1.807, 2.05) is 6.92 Å². The lowest BCUT2D eigenvalue weighted by atomic mass is 9.64. The molecule has 1 saturated carbocycles. The molecule has 0 amide bonds. The first-order valence-electron chi connectivity index (χ1n) is 8.97. The van der Waals surface area contributed by atoms with Gasteiger partial charge in [-0.3, -0.25) is 9.59 Å². The molecule has 25 heavy (non-hydrogen) atoms. The molecule has 0 unspecified atom stereocenters. The van der Waals surface area contributed by atoms with Gasteiger partial charge in [-0.25, -0.2) is 0 Å². The number of hydrogen-bond donors (Lipinski definition) is 2. The fraction of sp³-hybridized carbons (Fsp3) is 0.700. The zero-order valence-corrected chi connectivity index (χ0v) is 15.5. The zero-order valence-electron chi connectivity index (χ0n) is 15.5. The van der Waals surface area contributed by atoms with Crippen LogP contribution >= 0.6 is 0 Å². The molecule has 138 valence electrons. The third-order valence-electron chi connectivity index (χ3n) is 7.00. The summed E-state index contributed by atoms with van der Waals surface area (Å²) in [6, 6.07) is 0. The third kappa shape index (κ3) is 2.28. The predicted octanol–water partition coefficient (Wildman–Crippen LogP) is 2.17. The summed E-state index contributed by atoms with van der Waals surface area (Å²) in [5, 5.41) is 21.2. The number of esters is 1. The van der Waals surface area contributed by atoms with E-state index in [2.05, 4.69) is 20.4 Å². The Balaban J connectivity index is 2.24. The molecule has 0 aromatic heterocycles. The van der Waals surface area contributed by atoms with Crippen molar-refractivity contribution in [1.82, 2.24) is 0 Å². The molecule has 5 nitrogen and oxygen atoms in total. The Kier molecular flexibility index (Phi) is 4.05. The van der Waals surface area contributed by atoms with E-state index >= 15 is 0 Å². The second kappa shape index (κ2) is 5.52. The van der Waals surface area contributed by atoms with Gasteiger partial charge in [0.05, 0.1) is 18.4 Å². The summed E-state index contributed by atoms with van der Waals surface area (Å²) in [4.78, 5) is 24.9. The highest BCUT2D eigenvalue weighted by Gasteiger charge is 2.64. The fourth-order valence-corrected chi connectivity index (χ4v) is 5.31. The maximum absolute atomic E-state index is 12.8. The Labute approximate surface area is 148 Å². The molecule has 0 spiro atoms. The van der Waals surface area contributed by atoms with Crippen LogP contribution in [0.3, 0.4) is 0 Å². The van der Waals surface area contributed by atoms with Gasteiger partial charge in [0.1, 0.15) is 11.7 Å². The normalized spacial score (nSPS) is 43.4. The topological polar surface area (TPSA) is 83.8 Å². The van der Waals surface area contributed by atoms with Crippen molar-refractivity contribution >= 4 is 11.8 Å². The van der Waals surface area contributed by atoms with E-state index < -0.39 is 29.1 Å². The van der Waals surface area contributed by atoms with Crippen LogP contribution in [0, 0.1) is 22.7 Å². The predicted molar refractivity (Wildman–Crippen MR) is 92.5 cm³/mol. The van der Waals surface area contributed by atoms with Gasteiger partial charge in [0.15, 0.2) is 5.78 Å². The molecule has 1 heterocycles. The molecule has 2 aliphatic carbocycles. The van der Waals surface area contributed by atoms with Crippen LogP contribution < -0.4 is 0 Å². The molecule has 0 aromatic rings. The highest BCUT2D eigenvalue weighted by atomic mass is 16.6. The third-order valence-corrected chi connectivity index (χ3v) is 7.00. The lowest BCUT2D eigenvalue weighted by Gasteiger charge is -2.43. The van der Waals surface area contributed by atoms with Gasteiger partial charge in [-0.1, -0.05) is 34.3 Å². The number of ketones is 1. The molecular formula is C20H28O5. The largest absolute Gasteiger partial charge is 0.462 e. The van der Waals surface area contributed by atoms with Crippen molar-refractivity contribution in [2.24, 2.45) is 22.7 Å². The maximum Gasteiger partial charge on any atom is 0.306 e. The van der Waals surface area contributed by atoms with Gasteiger partial charge in [0.25, 0.3) is 0 Å². The van der Waals surface area contributed by atoms with Crippen LogP contribution in [0.1, 0.15) is 47.0 Å². The first kappa shape index (κ1) is 18.3. The van der Waals surface area contributed by atoms with Gasteiger partial charge in [-0.05, 0) is 29.9 Å². The van der Waals surface area contributed by atoms with Crippen molar-refractivity contribution in [3.05, 3.63) is 23.8 Å². The first-order valence-corrected chi connectivity index (χ1v) is 8.97. The molecule has 0 aromatic carbocycles. The fourth-order valence-electron chi connectivity index (χ4n) is 5.31. The van der Waals surface area contributed by atoms with Crippen molar-refractivity contribution < 1.29 is 24.5 Å². The standard InChI is InChI=1S/C20H28O5/c1-11(2)13-6-15(22)14-7-20(24,12(3)10-21)19(5)9-17(23)25-16(19)8-18(13,14)4/h7,11,13,16,21,24H,3,6,8-10H2,1-2,4-5H3/t13-,16-,18-,19+,20-/m0/s1. The SMILES string of the molecule is C=C(CO)[C@@]1(O)C=C2C(=O)C[C@@H](C(C)C)[C@]2(C)C[C@@H]2OC(=O)C[C@]21C. The lowest BCUT2D eigenvalue weighted by molar-refractivity contribution is -0.143. The Morgan fingerprint density at radius 1 is 1.40 bits per heavy atom. The molecule has 0 radical (unpaired) electrons. The van der Waals surface area contributed by atoms with Crippen LogP contribution in [0.2, 0.25) is 0 Å². The highest BCUT2D eigenvalue weighted by molar-refractivity contribution is 6.00. The smallest absolute Gasteiger partial charge is 0.306 e. The van der Waals surface area contributed by atoms with Gasteiger partial charge < -0.3 is 14.9 Å². The van der Waals surface area contributed by atoms with E-state index in [9.17, 15) is 19.8 Å². The number of aliphatic hydroxyl groups is 2. The molecule has 3 rings (SSSR count). The first-order chi connectivity index (χ1) is 11.5. The van der Waals surface area contributed by atoms with E-state index in [1.54, 1.807) is 13.0 Å². The van der Waals surface area contributed by atoms with Crippen LogP contribution in [0.25, 0.3) is 0 Å². The Bertz CT molecular complexity index is 678. The second-order valence-electron chi connectivity index (χ2n) is 8.76. The number of allylic oxidation sites excluding steroid dienone is 1. The van der Waals surface area contributed by atoms with Crippen LogP contribution in [0.4, 0.5) is 0 Å². The zero-order chi connectivity index (χ0) is 18.8. The van der Waals surface area contributed by atoms with E-state index in [0.29, 0.717) is 18.4 Å². The average molecular weight is 348 g/mol. The molecule has 5 heteroatoms. The van der Waals surface area contributed by atoms with E-state index in [-0.39, 0.29) is 35.6 Å². The molecule has 2 N–H and O–H groups in total. The van der Waals surface area contributed by atoms with E-state index in [1.165, 1.54) is 0 Å². The maximum atomic E-state index is 12.8. The van der Waals surface area contributed by atoms with Crippen LogP contribution in [0.5, 0.6) is 0 Å². The number of aliphatic hydroxyl groups excluding tert-OH is 1. The summed E-state index contributed by atoms with van der Waals surface area (Å²) < 4.78 is 5.61.